The number of fused-ring (bicyclic) bond motifs is 4. The smallest absolute Gasteiger partial charge is 0.269 e. The molecule has 0 amide bonds. The van der Waals surface area contributed by atoms with Crippen LogP contribution in [0.25, 0.3) is 16.6 Å². The number of ketones is 1. The first-order valence-electron chi connectivity index (χ1n) is 6.49. The average molecular weight is 331 g/mol. The van der Waals surface area contributed by atoms with Gasteiger partial charge in [0.15, 0.2) is 5.82 Å². The Balaban J connectivity index is 2.14. The van der Waals surface area contributed by atoms with Crippen LogP contribution in [-0.2, 0) is 0 Å². The van der Waals surface area contributed by atoms with Crippen LogP contribution in [0.5, 0.6) is 0 Å². The standard InChI is InChI=1S/C15H7F2N3O2S/c16-6-3-9(17)12-10(4-6)19-14-13(21)8-5-7(23-18)1-2-11(8)20(14)15(12)22/h1-5H,18H2. The summed E-state index contributed by atoms with van der Waals surface area (Å²) in [6, 6.07) is 6.28. The number of rotatable bonds is 1. The molecule has 0 saturated heterocycles. The molecular weight excluding hydrogens is 324 g/mol. The molecule has 0 spiro atoms. The lowest BCUT2D eigenvalue weighted by molar-refractivity contribution is 0.103. The number of carbonyl (C=O) groups excluding carboxylic acids is 1. The van der Waals surface area contributed by atoms with Crippen molar-refractivity contribution < 1.29 is 13.6 Å². The lowest BCUT2D eigenvalue weighted by Crippen LogP contribution is -2.22. The van der Waals surface area contributed by atoms with Crippen LogP contribution in [0.15, 0.2) is 40.0 Å². The summed E-state index contributed by atoms with van der Waals surface area (Å²) in [5.74, 6) is -2.53. The van der Waals surface area contributed by atoms with Crippen LogP contribution in [0.4, 0.5) is 8.78 Å². The Labute approximate surface area is 131 Å². The third-order valence-corrected chi connectivity index (χ3v) is 4.21. The van der Waals surface area contributed by atoms with Gasteiger partial charge in [0.05, 0.1) is 16.8 Å². The topological polar surface area (TPSA) is 78.0 Å². The minimum Gasteiger partial charge on any atom is -0.285 e. The molecule has 23 heavy (non-hydrogen) atoms. The summed E-state index contributed by atoms with van der Waals surface area (Å²) in [7, 11) is 0. The maximum absolute atomic E-state index is 14.0. The van der Waals surface area contributed by atoms with E-state index in [2.05, 4.69) is 4.98 Å². The van der Waals surface area contributed by atoms with Crippen molar-refractivity contribution in [2.24, 2.45) is 5.14 Å². The summed E-state index contributed by atoms with van der Waals surface area (Å²) in [5, 5.41) is 5.12. The van der Waals surface area contributed by atoms with Gasteiger partial charge in [-0.15, -0.1) is 0 Å². The first kappa shape index (κ1) is 14.0. The van der Waals surface area contributed by atoms with E-state index in [0.29, 0.717) is 16.6 Å². The highest BCUT2D eigenvalue weighted by Crippen LogP contribution is 2.29. The molecule has 3 aromatic rings. The van der Waals surface area contributed by atoms with E-state index in [4.69, 9.17) is 5.14 Å². The van der Waals surface area contributed by atoms with Gasteiger partial charge in [-0.05, 0) is 30.1 Å². The normalized spacial score (nSPS) is 12.6. The Morgan fingerprint density at radius 3 is 2.65 bits per heavy atom. The van der Waals surface area contributed by atoms with Gasteiger partial charge in [-0.3, -0.25) is 19.3 Å². The molecule has 0 bridgehead atoms. The van der Waals surface area contributed by atoms with Crippen LogP contribution in [-0.4, -0.2) is 15.3 Å². The lowest BCUT2D eigenvalue weighted by Gasteiger charge is -2.06. The molecule has 2 N–H and O–H groups in total. The molecule has 0 aliphatic carbocycles. The molecule has 0 saturated carbocycles. The summed E-state index contributed by atoms with van der Waals surface area (Å²) in [5.41, 5.74) is -0.372. The van der Waals surface area contributed by atoms with Crippen molar-refractivity contribution in [2.45, 2.75) is 4.90 Å². The highest BCUT2D eigenvalue weighted by Gasteiger charge is 2.31. The monoisotopic (exact) mass is 331 g/mol. The second kappa shape index (κ2) is 4.71. The van der Waals surface area contributed by atoms with Crippen LogP contribution in [0.1, 0.15) is 16.2 Å². The zero-order chi connectivity index (χ0) is 16.3. The Hall–Kier alpha value is -2.58. The molecule has 1 aliphatic rings. The lowest BCUT2D eigenvalue weighted by atomic mass is 10.1. The van der Waals surface area contributed by atoms with Crippen LogP contribution < -0.4 is 10.7 Å². The molecule has 5 nitrogen and oxygen atoms in total. The van der Waals surface area contributed by atoms with Crippen LogP contribution >= 0.6 is 11.9 Å². The molecule has 0 fully saturated rings. The quantitative estimate of drug-likeness (QED) is 0.541. The number of carbonyl (C=O) groups is 1. The fourth-order valence-electron chi connectivity index (χ4n) is 2.69. The fraction of sp³-hybridized carbons (Fsp3) is 0. The molecule has 2 heterocycles. The Morgan fingerprint density at radius 1 is 1.13 bits per heavy atom. The van der Waals surface area contributed by atoms with Gasteiger partial charge in [0, 0.05) is 17.0 Å². The average Bonchev–Trinajstić information content (AvgIpc) is 2.79. The largest absolute Gasteiger partial charge is 0.285 e. The maximum Gasteiger partial charge on any atom is 0.269 e. The van der Waals surface area contributed by atoms with Crippen LogP contribution in [0, 0.1) is 11.6 Å². The molecule has 114 valence electrons. The van der Waals surface area contributed by atoms with E-state index >= 15 is 0 Å². The van der Waals surface area contributed by atoms with Crippen molar-refractivity contribution in [2.75, 3.05) is 0 Å². The zero-order valence-electron chi connectivity index (χ0n) is 11.3. The number of hydrogen-bond acceptors (Lipinski definition) is 5. The zero-order valence-corrected chi connectivity index (χ0v) is 12.2. The highest BCUT2D eigenvalue weighted by molar-refractivity contribution is 7.97. The van der Waals surface area contributed by atoms with E-state index in [0.717, 1.165) is 22.6 Å². The second-order valence-electron chi connectivity index (χ2n) is 4.98. The predicted molar refractivity (Wildman–Crippen MR) is 80.7 cm³/mol. The maximum atomic E-state index is 14.0. The minimum atomic E-state index is -1.01. The number of benzene rings is 2. The fourth-order valence-corrected chi connectivity index (χ4v) is 3.03. The molecule has 0 radical (unpaired) electrons. The van der Waals surface area contributed by atoms with Crippen LogP contribution in [0.2, 0.25) is 0 Å². The van der Waals surface area contributed by atoms with Gasteiger partial charge in [-0.25, -0.2) is 13.8 Å². The third kappa shape index (κ3) is 1.85. The van der Waals surface area contributed by atoms with E-state index in [1.807, 2.05) is 0 Å². The molecule has 2 aromatic carbocycles. The highest BCUT2D eigenvalue weighted by atomic mass is 32.2. The first-order chi connectivity index (χ1) is 11.0. The van der Waals surface area contributed by atoms with E-state index < -0.39 is 23.0 Å². The van der Waals surface area contributed by atoms with Crippen molar-refractivity contribution in [3.63, 3.8) is 0 Å². The number of nitrogens with zero attached hydrogens (tertiary/aromatic N) is 2. The van der Waals surface area contributed by atoms with Gasteiger partial charge in [0.2, 0.25) is 5.78 Å². The van der Waals surface area contributed by atoms with Gasteiger partial charge >= 0.3 is 0 Å². The summed E-state index contributed by atoms with van der Waals surface area (Å²) in [6.45, 7) is 0. The molecule has 8 heteroatoms. The van der Waals surface area contributed by atoms with E-state index in [1.165, 1.54) is 6.07 Å². The molecule has 4 rings (SSSR count). The third-order valence-electron chi connectivity index (χ3n) is 3.68. The SMILES string of the molecule is NSc1ccc2c(c1)C(=O)c1nc3cc(F)cc(F)c3c(=O)n1-2. The van der Waals surface area contributed by atoms with E-state index in [9.17, 15) is 18.4 Å². The van der Waals surface area contributed by atoms with Crippen LogP contribution in [0.3, 0.4) is 0 Å². The minimum absolute atomic E-state index is 0.165. The molecule has 1 aliphatic heterocycles. The molecular formula is C15H7F2N3O2S. The summed E-state index contributed by atoms with van der Waals surface area (Å²) >= 11 is 0.958. The molecule has 0 atom stereocenters. The van der Waals surface area contributed by atoms with Gasteiger partial charge in [-0.2, -0.15) is 0 Å². The Morgan fingerprint density at radius 2 is 1.91 bits per heavy atom. The van der Waals surface area contributed by atoms with Gasteiger partial charge in [-0.1, -0.05) is 0 Å². The molecule has 0 unspecified atom stereocenters. The van der Waals surface area contributed by atoms with Crippen molar-refractivity contribution in [3.05, 3.63) is 63.7 Å². The van der Waals surface area contributed by atoms with Crippen molar-refractivity contribution in [1.29, 1.82) is 0 Å². The van der Waals surface area contributed by atoms with E-state index in [1.54, 1.807) is 12.1 Å². The van der Waals surface area contributed by atoms with Crippen molar-refractivity contribution in [3.8, 4) is 5.69 Å². The van der Waals surface area contributed by atoms with Crippen molar-refractivity contribution in [1.82, 2.24) is 9.55 Å². The number of aromatic nitrogens is 2. The first-order valence-corrected chi connectivity index (χ1v) is 7.37. The number of hydrogen-bond donors (Lipinski definition) is 1. The van der Waals surface area contributed by atoms with Gasteiger partial charge in [0.25, 0.3) is 5.56 Å². The number of nitrogens with two attached hydrogens (primary N) is 1. The predicted octanol–water partition coefficient (Wildman–Crippen LogP) is 2.17. The summed E-state index contributed by atoms with van der Waals surface area (Å²) in [4.78, 5) is 29.7. The van der Waals surface area contributed by atoms with Crippen molar-refractivity contribution >= 4 is 28.6 Å². The van der Waals surface area contributed by atoms with Gasteiger partial charge < -0.3 is 0 Å². The second-order valence-corrected chi connectivity index (χ2v) is 5.69. The summed E-state index contributed by atoms with van der Waals surface area (Å²) in [6.07, 6.45) is 0. The molecule has 1 aromatic heterocycles. The Bertz CT molecular complexity index is 1080. The van der Waals surface area contributed by atoms with E-state index in [-0.39, 0.29) is 22.3 Å². The Kier molecular flexibility index (Phi) is 2.87. The summed E-state index contributed by atoms with van der Waals surface area (Å²) < 4.78 is 28.4. The number of halogens is 2. The van der Waals surface area contributed by atoms with Gasteiger partial charge in [0.1, 0.15) is 17.0 Å².